The van der Waals surface area contributed by atoms with Gasteiger partial charge in [0.05, 0.1) is 17.8 Å². The van der Waals surface area contributed by atoms with Crippen molar-refractivity contribution in [1.29, 1.82) is 0 Å². The predicted molar refractivity (Wildman–Crippen MR) is 244 cm³/mol. The molecule has 0 spiro atoms. The molecule has 5 aromatic carbocycles. The molecule has 8 rings (SSSR count). The van der Waals surface area contributed by atoms with Gasteiger partial charge in [0.25, 0.3) is 11.8 Å². The molecule has 12 nitrogen and oxygen atoms in total. The van der Waals surface area contributed by atoms with Crippen LogP contribution in [0.3, 0.4) is 0 Å². The second-order valence-electron chi connectivity index (χ2n) is 16.5. The number of nitrogens with one attached hydrogen (secondary N) is 2. The maximum atomic E-state index is 13.7. The SMILES string of the molecule is CCNC(=O)C[C@@H]1N=C(c2ccc(Cl)cc2)c2cc(OCC(=O)NCc3cccc(C4CCN(C(=O)c5ccc6cccc([Si](C)(C)O)c6c5)CC4)c3)ccc2-n2c(C)nnc21. The van der Waals surface area contributed by atoms with Gasteiger partial charge >= 0.3 is 0 Å². The first-order valence-electron chi connectivity index (χ1n) is 21.1. The first kappa shape index (κ1) is 42.5. The van der Waals surface area contributed by atoms with Crippen LogP contribution in [-0.2, 0) is 16.1 Å². The minimum atomic E-state index is -2.59. The average molecular weight is 869 g/mol. The van der Waals surface area contributed by atoms with Crippen LogP contribution in [0.15, 0.2) is 108 Å². The first-order chi connectivity index (χ1) is 29.9. The van der Waals surface area contributed by atoms with E-state index in [4.69, 9.17) is 21.3 Å². The van der Waals surface area contributed by atoms with Gasteiger partial charge in [-0.25, -0.2) is 0 Å². The monoisotopic (exact) mass is 867 g/mol. The molecule has 1 fully saturated rings. The number of aryl methyl sites for hydroxylation is 1. The Hall–Kier alpha value is -6.15. The van der Waals surface area contributed by atoms with Gasteiger partial charge in [-0.05, 0) is 115 Å². The average Bonchev–Trinajstić information content (AvgIpc) is 3.60. The zero-order valence-electron chi connectivity index (χ0n) is 35.3. The molecular formula is C48H50ClN7O5Si. The lowest BCUT2D eigenvalue weighted by atomic mass is 9.88. The van der Waals surface area contributed by atoms with Crippen LogP contribution >= 0.6 is 11.6 Å². The van der Waals surface area contributed by atoms with Crippen molar-refractivity contribution in [3.8, 4) is 11.4 Å². The largest absolute Gasteiger partial charge is 0.484 e. The molecule has 3 N–H and O–H groups in total. The molecule has 0 aliphatic carbocycles. The molecule has 62 heavy (non-hydrogen) atoms. The fourth-order valence-corrected chi connectivity index (χ4v) is 9.99. The second-order valence-corrected chi connectivity index (χ2v) is 20.5. The quantitative estimate of drug-likeness (QED) is 0.113. The maximum absolute atomic E-state index is 13.7. The van der Waals surface area contributed by atoms with Gasteiger partial charge in [-0.1, -0.05) is 72.3 Å². The third kappa shape index (κ3) is 9.20. The molecule has 0 unspecified atom stereocenters. The van der Waals surface area contributed by atoms with Crippen molar-refractivity contribution in [1.82, 2.24) is 30.3 Å². The smallest absolute Gasteiger partial charge is 0.258 e. The summed E-state index contributed by atoms with van der Waals surface area (Å²) < 4.78 is 8.00. The van der Waals surface area contributed by atoms with Crippen molar-refractivity contribution >= 4 is 59.3 Å². The Kier molecular flexibility index (Phi) is 12.4. The molecule has 0 saturated carbocycles. The summed E-state index contributed by atoms with van der Waals surface area (Å²) in [6, 6.07) is 32.3. The van der Waals surface area contributed by atoms with E-state index in [-0.39, 0.29) is 30.7 Å². The molecule has 1 saturated heterocycles. The number of nitrogens with zero attached hydrogens (tertiary/aromatic N) is 5. The lowest BCUT2D eigenvalue weighted by Gasteiger charge is -2.32. The van der Waals surface area contributed by atoms with Crippen LogP contribution in [0.1, 0.15) is 82.4 Å². The molecule has 3 amide bonds. The molecule has 2 aliphatic rings. The molecule has 0 radical (unpaired) electrons. The van der Waals surface area contributed by atoms with Crippen LogP contribution in [0, 0.1) is 6.92 Å². The van der Waals surface area contributed by atoms with Gasteiger partial charge in [0.2, 0.25) is 14.2 Å². The van der Waals surface area contributed by atoms with E-state index < -0.39 is 14.4 Å². The van der Waals surface area contributed by atoms with Crippen molar-refractivity contribution < 1.29 is 23.9 Å². The van der Waals surface area contributed by atoms with Crippen LogP contribution in [0.25, 0.3) is 16.5 Å². The number of hydrogen-bond acceptors (Lipinski definition) is 8. The van der Waals surface area contributed by atoms with E-state index in [1.807, 2.05) is 109 Å². The number of amides is 3. The third-order valence-electron chi connectivity index (χ3n) is 11.6. The van der Waals surface area contributed by atoms with E-state index in [0.29, 0.717) is 65.8 Å². The van der Waals surface area contributed by atoms with Gasteiger partial charge in [0, 0.05) is 47.9 Å². The van der Waals surface area contributed by atoms with Crippen molar-refractivity contribution in [3.05, 3.63) is 148 Å². The number of halogens is 1. The van der Waals surface area contributed by atoms with Crippen LogP contribution < -0.4 is 20.6 Å². The minimum absolute atomic E-state index is 0.0129. The number of piperidine rings is 1. The zero-order chi connectivity index (χ0) is 43.5. The summed E-state index contributed by atoms with van der Waals surface area (Å²) in [6.07, 6.45) is 1.76. The molecule has 1 atom stereocenters. The molecule has 6 aromatic rings. The number of rotatable bonds is 12. The summed E-state index contributed by atoms with van der Waals surface area (Å²) in [4.78, 5) is 57.6. The van der Waals surface area contributed by atoms with Gasteiger partial charge in [0.15, 0.2) is 12.4 Å². The van der Waals surface area contributed by atoms with Gasteiger partial charge in [0.1, 0.15) is 17.6 Å². The number of likely N-dealkylation sites (tertiary alicyclic amines) is 1. The highest BCUT2D eigenvalue weighted by Gasteiger charge is 2.31. The van der Waals surface area contributed by atoms with Gasteiger partial charge in [-0.2, -0.15) is 0 Å². The van der Waals surface area contributed by atoms with E-state index in [1.54, 1.807) is 18.2 Å². The van der Waals surface area contributed by atoms with Crippen molar-refractivity contribution in [2.24, 2.45) is 4.99 Å². The van der Waals surface area contributed by atoms with Crippen LogP contribution in [0.5, 0.6) is 5.75 Å². The number of aromatic nitrogens is 3. The number of fused-ring (bicyclic) bond motifs is 4. The Morgan fingerprint density at radius 2 is 1.66 bits per heavy atom. The van der Waals surface area contributed by atoms with Crippen LogP contribution in [-0.4, -0.2) is 82.5 Å². The van der Waals surface area contributed by atoms with Gasteiger partial charge < -0.3 is 25.1 Å². The fourth-order valence-electron chi connectivity index (χ4n) is 8.48. The lowest BCUT2D eigenvalue weighted by Crippen LogP contribution is -2.42. The Morgan fingerprint density at radius 1 is 0.887 bits per heavy atom. The van der Waals surface area contributed by atoms with E-state index in [0.717, 1.165) is 51.2 Å². The van der Waals surface area contributed by atoms with Crippen LogP contribution in [0.4, 0.5) is 0 Å². The highest BCUT2D eigenvalue weighted by atomic mass is 35.5. The highest BCUT2D eigenvalue weighted by Crippen LogP contribution is 2.35. The van der Waals surface area contributed by atoms with E-state index >= 15 is 0 Å². The Bertz CT molecular complexity index is 2690. The van der Waals surface area contributed by atoms with Gasteiger partial charge in [-0.3, -0.25) is 23.9 Å². The van der Waals surface area contributed by atoms with Crippen LogP contribution in [0.2, 0.25) is 18.1 Å². The molecule has 3 heterocycles. The molecule has 14 heteroatoms. The molecular weight excluding hydrogens is 818 g/mol. The number of carbonyl (C=O) groups is 3. The highest BCUT2D eigenvalue weighted by molar-refractivity contribution is 6.85. The first-order valence-corrected chi connectivity index (χ1v) is 24.4. The zero-order valence-corrected chi connectivity index (χ0v) is 37.1. The Labute approximate surface area is 367 Å². The standard InChI is InChI=1S/C48H50ClN7O5Si/c1-5-50-44(57)27-41-47-54-53-30(2)56(47)42-19-18-38(26-40(42)46(52-41)34-14-16-37(49)17-15-34)61-29-45(58)51-28-31-8-6-10-35(24-31)32-20-22-55(23-21-32)48(59)36-13-12-33-9-7-11-43(39(33)25-36)62(3,4)60/h6-19,24-26,32,41,60H,5,20-23,27-29H2,1-4H3,(H,50,57)(H,51,58)/t41-/m0/s1. The summed E-state index contributed by atoms with van der Waals surface area (Å²) in [7, 11) is -2.59. The third-order valence-corrected chi connectivity index (χ3v) is 13.6. The molecule has 2 aliphatic heterocycles. The number of ether oxygens (including phenoxy) is 1. The normalized spacial score (nSPS) is 15.3. The fraction of sp³-hybridized carbons (Fsp3) is 0.292. The van der Waals surface area contributed by atoms with Crippen molar-refractivity contribution in [2.45, 2.75) is 64.7 Å². The van der Waals surface area contributed by atoms with E-state index in [9.17, 15) is 19.2 Å². The molecule has 318 valence electrons. The predicted octanol–water partition coefficient (Wildman–Crippen LogP) is 6.92. The van der Waals surface area contributed by atoms with Crippen molar-refractivity contribution in [3.63, 3.8) is 0 Å². The summed E-state index contributed by atoms with van der Waals surface area (Å²) >= 11 is 6.26. The number of hydrogen-bond donors (Lipinski definition) is 3. The number of aliphatic imine (C=N–C) groups is 1. The minimum Gasteiger partial charge on any atom is -0.484 e. The number of benzene rings is 5. The number of carbonyl (C=O) groups excluding carboxylic acids is 3. The molecule has 0 bridgehead atoms. The summed E-state index contributed by atoms with van der Waals surface area (Å²) in [5.74, 6) is 1.56. The summed E-state index contributed by atoms with van der Waals surface area (Å²) in [5.41, 5.74) is 5.75. The lowest BCUT2D eigenvalue weighted by molar-refractivity contribution is -0.123. The second kappa shape index (κ2) is 18.1. The Morgan fingerprint density at radius 3 is 2.42 bits per heavy atom. The topological polar surface area (TPSA) is 151 Å². The molecule has 1 aromatic heterocycles. The summed E-state index contributed by atoms with van der Waals surface area (Å²) in [5, 5.41) is 18.1. The van der Waals surface area contributed by atoms with E-state index in [1.165, 1.54) is 5.56 Å². The van der Waals surface area contributed by atoms with Gasteiger partial charge in [-0.15, -0.1) is 10.2 Å². The Balaban J connectivity index is 0.907. The van der Waals surface area contributed by atoms with E-state index in [2.05, 4.69) is 33.0 Å². The van der Waals surface area contributed by atoms with Crippen molar-refractivity contribution in [2.75, 3.05) is 26.2 Å². The maximum Gasteiger partial charge on any atom is 0.258 e. The summed E-state index contributed by atoms with van der Waals surface area (Å²) in [6.45, 7) is 9.46.